The number of hydrogen-bond acceptors (Lipinski definition) is 9. The van der Waals surface area contributed by atoms with Crippen LogP contribution < -0.4 is 21.7 Å². The quantitative estimate of drug-likeness (QED) is 0.532. The van der Waals surface area contributed by atoms with Gasteiger partial charge >= 0.3 is 0 Å². The molecule has 10 nitrogen and oxygen atoms in total. The summed E-state index contributed by atoms with van der Waals surface area (Å²) in [6.07, 6.45) is 5.78. The number of allylic oxidation sites excluding steroid dienone is 1. The van der Waals surface area contributed by atoms with E-state index < -0.39 is 5.79 Å². The summed E-state index contributed by atoms with van der Waals surface area (Å²) in [4.78, 5) is 13.2. The van der Waals surface area contributed by atoms with E-state index in [-0.39, 0.29) is 0 Å². The first kappa shape index (κ1) is 21.2. The molecule has 5 N–H and O–H groups in total. The van der Waals surface area contributed by atoms with E-state index in [1.54, 1.807) is 13.2 Å². The molecule has 2 aromatic heterocycles. The number of nitrogens with zero attached hydrogens (tertiary/aromatic N) is 6. The molecular weight excluding hydrogens is 428 g/mol. The summed E-state index contributed by atoms with van der Waals surface area (Å²) in [5.74, 6) is 0.587. The molecule has 2 fully saturated rings. The summed E-state index contributed by atoms with van der Waals surface area (Å²) < 4.78 is 0. The Kier molecular flexibility index (Phi) is 5.31. The number of nitrogens with two attached hydrogens (primary N) is 1. The molecule has 1 aliphatic carbocycles. The number of nitrogens with one attached hydrogen (secondary N) is 3. The van der Waals surface area contributed by atoms with Crippen LogP contribution in [0.4, 0.5) is 5.82 Å². The fourth-order valence-electron chi connectivity index (χ4n) is 4.23. The number of aryl methyl sites for hydroxylation is 2. The van der Waals surface area contributed by atoms with E-state index in [2.05, 4.69) is 38.0 Å². The van der Waals surface area contributed by atoms with Crippen molar-refractivity contribution in [2.75, 3.05) is 25.0 Å². The lowest BCUT2D eigenvalue weighted by Crippen LogP contribution is -2.56. The molecule has 0 spiro atoms. The Morgan fingerprint density at radius 2 is 2.16 bits per heavy atom. The summed E-state index contributed by atoms with van der Waals surface area (Å²) in [6, 6.07) is 2.36. The minimum Gasteiger partial charge on any atom is -0.365 e. The van der Waals surface area contributed by atoms with Crippen molar-refractivity contribution in [3.05, 3.63) is 45.8 Å². The maximum absolute atomic E-state index is 6.80. The molecule has 1 saturated carbocycles. The smallest absolute Gasteiger partial charge is 0.227 e. The minimum absolute atomic E-state index is 0.369. The van der Waals surface area contributed by atoms with Crippen molar-refractivity contribution in [1.29, 1.82) is 0 Å². The zero-order valence-corrected chi connectivity index (χ0v) is 19.3. The van der Waals surface area contributed by atoms with Crippen LogP contribution in [0.25, 0.3) is 0 Å². The maximum atomic E-state index is 6.80. The van der Waals surface area contributed by atoms with Crippen LogP contribution in [0.3, 0.4) is 0 Å². The number of pyridine rings is 1. The highest BCUT2D eigenvalue weighted by atomic mass is 35.5. The van der Waals surface area contributed by atoms with Crippen LogP contribution >= 0.6 is 11.6 Å². The topological polar surface area (TPSA) is 121 Å². The predicted molar refractivity (Wildman–Crippen MR) is 124 cm³/mol. The van der Waals surface area contributed by atoms with Crippen molar-refractivity contribution in [1.82, 2.24) is 35.5 Å². The van der Waals surface area contributed by atoms with Gasteiger partial charge in [0, 0.05) is 32.7 Å². The summed E-state index contributed by atoms with van der Waals surface area (Å²) in [7, 11) is 1.78. The van der Waals surface area contributed by atoms with E-state index in [1.807, 2.05) is 19.2 Å². The number of piperazine rings is 1. The van der Waals surface area contributed by atoms with E-state index in [4.69, 9.17) is 27.3 Å². The molecule has 3 aliphatic rings. The highest BCUT2D eigenvalue weighted by Crippen LogP contribution is 2.44. The largest absolute Gasteiger partial charge is 0.365 e. The van der Waals surface area contributed by atoms with E-state index in [1.165, 1.54) is 4.80 Å². The lowest BCUT2D eigenvalue weighted by atomic mass is 10.1. The summed E-state index contributed by atoms with van der Waals surface area (Å²) >= 11 is 6.55. The number of aliphatic imine (C=N–C) groups is 1. The highest BCUT2D eigenvalue weighted by molar-refractivity contribution is 6.32. The molecule has 2 aromatic rings. The normalized spacial score (nSPS) is 25.8. The molecule has 0 radical (unpaired) electrons. The molecule has 0 bridgehead atoms. The summed E-state index contributed by atoms with van der Waals surface area (Å²) in [5.41, 5.74) is 10.2. The SMILES string of the molecule is Cc1nc(C2(N)N=CC(N3CCNC(C)C3)=C(Nc3cnn(C)n3)N2)cc(C2CC2)c1Cl. The molecule has 4 heterocycles. The Balaban J connectivity index is 1.51. The predicted octanol–water partition coefficient (Wildman–Crippen LogP) is 1.37. The molecule has 2 unspecified atom stereocenters. The lowest BCUT2D eigenvalue weighted by Gasteiger charge is -2.39. The van der Waals surface area contributed by atoms with Gasteiger partial charge in [-0.25, -0.2) is 4.99 Å². The zero-order valence-electron chi connectivity index (χ0n) is 18.6. The van der Waals surface area contributed by atoms with Crippen molar-refractivity contribution in [2.45, 2.75) is 44.4 Å². The van der Waals surface area contributed by atoms with E-state index in [9.17, 15) is 0 Å². The first-order valence-electron chi connectivity index (χ1n) is 11.0. The zero-order chi connectivity index (χ0) is 22.5. The Morgan fingerprint density at radius 1 is 1.34 bits per heavy atom. The molecule has 32 heavy (non-hydrogen) atoms. The number of halogens is 1. The molecule has 11 heteroatoms. The van der Waals surface area contributed by atoms with Crippen LogP contribution in [-0.2, 0) is 12.8 Å². The second-order valence-electron chi connectivity index (χ2n) is 8.83. The fraction of sp³-hybridized carbons (Fsp3) is 0.524. The molecule has 2 atom stereocenters. The van der Waals surface area contributed by atoms with Crippen LogP contribution in [0.15, 0.2) is 28.8 Å². The van der Waals surface area contributed by atoms with Gasteiger partial charge < -0.3 is 20.9 Å². The van der Waals surface area contributed by atoms with Crippen LogP contribution in [0.5, 0.6) is 0 Å². The molecular formula is C21H29ClN10. The Morgan fingerprint density at radius 3 is 2.84 bits per heavy atom. The van der Waals surface area contributed by atoms with Gasteiger partial charge in [0.1, 0.15) is 11.5 Å². The standard InChI is InChI=1S/C21H29ClN10/c1-12-11-32(7-6-24-12)16-9-25-21(23,29-20(16)28-18-10-26-31(3)30-18)17-8-15(14-4-5-14)19(22)13(2)27-17/h8-10,12,14,24,29H,4-7,11,23H2,1-3H3,(H,28,30). The minimum atomic E-state index is -1.23. The number of rotatable bonds is 5. The van der Waals surface area contributed by atoms with Crippen LogP contribution in [0.1, 0.15) is 42.6 Å². The monoisotopic (exact) mass is 456 g/mol. The maximum Gasteiger partial charge on any atom is 0.227 e. The Labute approximate surface area is 192 Å². The van der Waals surface area contributed by atoms with Gasteiger partial charge in [0.25, 0.3) is 0 Å². The van der Waals surface area contributed by atoms with E-state index in [0.29, 0.717) is 23.5 Å². The molecule has 0 amide bonds. The van der Waals surface area contributed by atoms with Crippen molar-refractivity contribution >= 4 is 23.6 Å². The van der Waals surface area contributed by atoms with Gasteiger partial charge in [-0.1, -0.05) is 11.6 Å². The molecule has 170 valence electrons. The van der Waals surface area contributed by atoms with E-state index in [0.717, 1.165) is 60.3 Å². The van der Waals surface area contributed by atoms with Crippen molar-refractivity contribution in [2.24, 2.45) is 17.8 Å². The molecule has 5 rings (SSSR count). The van der Waals surface area contributed by atoms with E-state index >= 15 is 0 Å². The van der Waals surface area contributed by atoms with Gasteiger partial charge in [0.2, 0.25) is 5.79 Å². The second-order valence-corrected chi connectivity index (χ2v) is 9.20. The first-order chi connectivity index (χ1) is 15.3. The van der Waals surface area contributed by atoms with Gasteiger partial charge in [0.15, 0.2) is 5.82 Å². The third kappa shape index (κ3) is 4.05. The molecule has 2 aliphatic heterocycles. The van der Waals surface area contributed by atoms with Crippen molar-refractivity contribution < 1.29 is 0 Å². The van der Waals surface area contributed by atoms with Gasteiger partial charge in [-0.15, -0.1) is 5.10 Å². The third-order valence-electron chi connectivity index (χ3n) is 6.08. The van der Waals surface area contributed by atoms with Gasteiger partial charge in [-0.2, -0.15) is 9.90 Å². The van der Waals surface area contributed by atoms with Crippen molar-refractivity contribution in [3.63, 3.8) is 0 Å². The summed E-state index contributed by atoms with van der Waals surface area (Å²) in [5, 5.41) is 19.5. The lowest BCUT2D eigenvalue weighted by molar-refractivity contribution is 0.257. The van der Waals surface area contributed by atoms with Crippen LogP contribution in [0, 0.1) is 6.92 Å². The number of aromatic nitrogens is 4. The molecule has 1 saturated heterocycles. The average Bonchev–Trinajstić information content (AvgIpc) is 3.52. The highest BCUT2D eigenvalue weighted by Gasteiger charge is 2.37. The number of hydrogen-bond donors (Lipinski definition) is 4. The van der Waals surface area contributed by atoms with Crippen LogP contribution in [-0.4, -0.2) is 56.8 Å². The molecule has 0 aromatic carbocycles. The van der Waals surface area contributed by atoms with Gasteiger partial charge in [0.05, 0.1) is 28.8 Å². The van der Waals surface area contributed by atoms with Crippen LogP contribution in [0.2, 0.25) is 5.02 Å². The second kappa shape index (κ2) is 8.02. The first-order valence-corrected chi connectivity index (χ1v) is 11.4. The van der Waals surface area contributed by atoms with Gasteiger partial charge in [-0.05, 0) is 44.2 Å². The van der Waals surface area contributed by atoms with Gasteiger partial charge in [-0.3, -0.25) is 10.7 Å². The van der Waals surface area contributed by atoms with Crippen molar-refractivity contribution in [3.8, 4) is 0 Å². The summed E-state index contributed by atoms with van der Waals surface area (Å²) in [6.45, 7) is 6.70. The Bertz CT molecular complexity index is 1090. The number of anilines is 1. The third-order valence-corrected chi connectivity index (χ3v) is 6.58. The average molecular weight is 457 g/mol. The Hall–Kier alpha value is -2.69. The fourth-order valence-corrected chi connectivity index (χ4v) is 4.48.